The predicted molar refractivity (Wildman–Crippen MR) is 128 cm³/mol. The lowest BCUT2D eigenvalue weighted by atomic mass is 9.77. The van der Waals surface area contributed by atoms with Crippen LogP contribution in [0.2, 0.25) is 5.02 Å². The van der Waals surface area contributed by atoms with Gasteiger partial charge < -0.3 is 15.3 Å². The van der Waals surface area contributed by atoms with Gasteiger partial charge in [0.05, 0.1) is 34.7 Å². The number of halogens is 1. The largest absolute Gasteiger partial charge is 0.394 e. The Morgan fingerprint density at radius 1 is 1.22 bits per heavy atom. The quantitative estimate of drug-likeness (QED) is 0.689. The number of anilines is 2. The minimum absolute atomic E-state index is 0.0654. The molecule has 3 aliphatic heterocycles. The highest BCUT2D eigenvalue weighted by atomic mass is 35.5. The van der Waals surface area contributed by atoms with Crippen molar-refractivity contribution in [1.29, 1.82) is 0 Å². The van der Waals surface area contributed by atoms with Crippen LogP contribution in [0.25, 0.3) is 5.57 Å². The molecule has 1 aromatic carbocycles. The van der Waals surface area contributed by atoms with Gasteiger partial charge in [0, 0.05) is 16.8 Å². The molecule has 3 atom stereocenters. The molecule has 2 aliphatic carbocycles. The van der Waals surface area contributed by atoms with Crippen molar-refractivity contribution in [3.05, 3.63) is 46.6 Å². The molecule has 32 heavy (non-hydrogen) atoms. The van der Waals surface area contributed by atoms with Crippen molar-refractivity contribution in [3.63, 3.8) is 0 Å². The van der Waals surface area contributed by atoms with Gasteiger partial charge in [-0.3, -0.25) is 4.21 Å². The first kappa shape index (κ1) is 20.6. The van der Waals surface area contributed by atoms with Crippen molar-refractivity contribution >= 4 is 39.7 Å². The van der Waals surface area contributed by atoms with Gasteiger partial charge in [0.1, 0.15) is 10.7 Å². The van der Waals surface area contributed by atoms with Gasteiger partial charge in [0.15, 0.2) is 0 Å². The minimum Gasteiger partial charge on any atom is -0.394 e. The number of benzene rings is 1. The number of aryl methyl sites for hydroxylation is 1. The Labute approximate surface area is 195 Å². The maximum atomic E-state index is 12.9. The van der Waals surface area contributed by atoms with Crippen LogP contribution in [0.3, 0.4) is 0 Å². The van der Waals surface area contributed by atoms with E-state index in [0.717, 1.165) is 66.5 Å². The lowest BCUT2D eigenvalue weighted by Crippen LogP contribution is -2.58. The van der Waals surface area contributed by atoms with E-state index in [1.807, 2.05) is 12.1 Å². The minimum atomic E-state index is -1.09. The maximum Gasteiger partial charge on any atom is 0.228 e. The molecule has 0 amide bonds. The van der Waals surface area contributed by atoms with Crippen LogP contribution in [0.15, 0.2) is 35.2 Å². The molecule has 2 N–H and O–H groups in total. The number of hydrogen-bond donors (Lipinski definition) is 2. The zero-order valence-electron chi connectivity index (χ0n) is 17.9. The highest BCUT2D eigenvalue weighted by Crippen LogP contribution is 2.44. The molecule has 5 aliphatic rings. The second kappa shape index (κ2) is 7.82. The molecule has 4 heterocycles. The molecule has 1 saturated heterocycles. The summed E-state index contributed by atoms with van der Waals surface area (Å²) >= 11 is 6.06. The van der Waals surface area contributed by atoms with Crippen LogP contribution >= 0.6 is 11.6 Å². The molecule has 7 rings (SSSR count). The third-order valence-electron chi connectivity index (χ3n) is 7.45. The summed E-state index contributed by atoms with van der Waals surface area (Å²) in [6.07, 6.45) is 9.00. The van der Waals surface area contributed by atoms with Crippen LogP contribution in [0.4, 0.5) is 11.8 Å². The summed E-state index contributed by atoms with van der Waals surface area (Å²) in [5.74, 6) is 2.05. The molecule has 0 spiro atoms. The van der Waals surface area contributed by atoms with Gasteiger partial charge in [-0.05, 0) is 68.2 Å². The Kier molecular flexibility index (Phi) is 5.04. The van der Waals surface area contributed by atoms with E-state index in [9.17, 15) is 9.32 Å². The van der Waals surface area contributed by atoms with Crippen LogP contribution in [-0.2, 0) is 17.2 Å². The van der Waals surface area contributed by atoms with Crippen LogP contribution in [-0.4, -0.2) is 49.3 Å². The number of nitrogens with zero attached hydrogens (tertiary/aromatic N) is 3. The lowest BCUT2D eigenvalue weighted by molar-refractivity contribution is 0.143. The smallest absolute Gasteiger partial charge is 0.228 e. The van der Waals surface area contributed by atoms with Gasteiger partial charge in [0.25, 0.3) is 0 Å². The number of aliphatic hydroxyl groups excluding tert-OH is 1. The van der Waals surface area contributed by atoms with E-state index in [1.54, 1.807) is 0 Å². The predicted octanol–water partition coefficient (Wildman–Crippen LogP) is 3.95. The highest BCUT2D eigenvalue weighted by Gasteiger charge is 2.44. The van der Waals surface area contributed by atoms with Gasteiger partial charge in [-0.2, -0.15) is 4.98 Å². The van der Waals surface area contributed by atoms with E-state index in [4.69, 9.17) is 21.6 Å². The topological polar surface area (TPSA) is 78.4 Å². The highest BCUT2D eigenvalue weighted by molar-refractivity contribution is 7.85. The van der Waals surface area contributed by atoms with Gasteiger partial charge in [0.2, 0.25) is 5.95 Å². The van der Waals surface area contributed by atoms with Crippen molar-refractivity contribution in [2.45, 2.75) is 67.5 Å². The molecule has 2 bridgehead atoms. The molecule has 2 fully saturated rings. The van der Waals surface area contributed by atoms with E-state index in [1.165, 1.54) is 11.1 Å². The fraction of sp³-hybridized carbons (Fsp3) is 0.500. The summed E-state index contributed by atoms with van der Waals surface area (Å²) < 4.78 is 12.9. The van der Waals surface area contributed by atoms with E-state index in [-0.39, 0.29) is 18.2 Å². The summed E-state index contributed by atoms with van der Waals surface area (Å²) in [5.41, 5.74) is 3.14. The van der Waals surface area contributed by atoms with Crippen molar-refractivity contribution in [2.75, 3.05) is 22.6 Å². The molecular weight excluding hydrogens is 444 g/mol. The number of aromatic nitrogens is 2. The Bertz CT molecular complexity index is 1110. The van der Waals surface area contributed by atoms with Crippen molar-refractivity contribution in [1.82, 2.24) is 9.97 Å². The third-order valence-corrected chi connectivity index (χ3v) is 9.25. The second-order valence-corrected chi connectivity index (χ2v) is 11.4. The summed E-state index contributed by atoms with van der Waals surface area (Å²) in [6.45, 7) is 0.0654. The average Bonchev–Trinajstić information content (AvgIpc) is 2.76. The lowest BCUT2D eigenvalue weighted by Gasteiger charge is -2.52. The van der Waals surface area contributed by atoms with E-state index >= 15 is 0 Å². The Morgan fingerprint density at radius 2 is 2.03 bits per heavy atom. The van der Waals surface area contributed by atoms with Crippen molar-refractivity contribution in [3.8, 4) is 0 Å². The maximum absolute atomic E-state index is 12.9. The van der Waals surface area contributed by atoms with Crippen LogP contribution in [0, 0.1) is 0 Å². The fourth-order valence-electron chi connectivity index (χ4n) is 5.46. The number of nitrogens with one attached hydrogen (secondary N) is 1. The molecule has 2 aromatic rings. The molecule has 8 heteroatoms. The first-order valence-corrected chi connectivity index (χ1v) is 13.2. The molecule has 2 unspecified atom stereocenters. The summed E-state index contributed by atoms with van der Waals surface area (Å²) in [4.78, 5) is 12.9. The van der Waals surface area contributed by atoms with Gasteiger partial charge in [-0.1, -0.05) is 29.8 Å². The van der Waals surface area contributed by atoms with Crippen LogP contribution in [0.5, 0.6) is 0 Å². The summed E-state index contributed by atoms with van der Waals surface area (Å²) in [6, 6.07) is 8.70. The zero-order chi connectivity index (χ0) is 21.9. The van der Waals surface area contributed by atoms with Gasteiger partial charge in [-0.15, -0.1) is 0 Å². The first-order valence-electron chi connectivity index (χ1n) is 11.5. The average molecular weight is 471 g/mol. The van der Waals surface area contributed by atoms with E-state index in [0.29, 0.717) is 17.6 Å². The first-order chi connectivity index (χ1) is 15.5. The van der Waals surface area contributed by atoms with Crippen LogP contribution < -0.4 is 10.2 Å². The van der Waals surface area contributed by atoms with Crippen molar-refractivity contribution < 1.29 is 9.32 Å². The normalized spacial score (nSPS) is 27.6. The van der Waals surface area contributed by atoms with Crippen LogP contribution in [0.1, 0.15) is 49.8 Å². The standard InChI is InChI=1S/C24H27ClN4O2S/c25-17-6-4-15(5-7-17)16-11-18-13-19(12-16)29(18)23-26-20-3-1-10-32(31)21(20)22(27-23)28-24(14-30)8-2-9-24/h4-7,11,18-19,30H,1-3,8-10,12-14H2,(H,26,27,28)/t18?,19?,32-/m1/s1. The zero-order valence-corrected chi connectivity index (χ0v) is 19.5. The fourth-order valence-corrected chi connectivity index (χ4v) is 6.91. The summed E-state index contributed by atoms with van der Waals surface area (Å²) in [7, 11) is -1.09. The monoisotopic (exact) mass is 470 g/mol. The molecule has 168 valence electrons. The van der Waals surface area contributed by atoms with Crippen molar-refractivity contribution in [2.24, 2.45) is 0 Å². The number of rotatable bonds is 5. The Hall–Kier alpha value is -1.96. The second-order valence-electron chi connectivity index (χ2n) is 9.49. The third kappa shape index (κ3) is 3.37. The molecule has 1 saturated carbocycles. The van der Waals surface area contributed by atoms with E-state index < -0.39 is 10.8 Å². The molecular formula is C24H27ClN4O2S. The molecule has 6 nitrogen and oxygen atoms in total. The molecule has 1 aromatic heterocycles. The summed E-state index contributed by atoms with van der Waals surface area (Å²) in [5, 5.41) is 14.2. The number of aliphatic hydroxyl groups is 1. The molecule has 0 radical (unpaired) electrons. The number of hydrogen-bond acceptors (Lipinski definition) is 6. The van der Waals surface area contributed by atoms with E-state index in [2.05, 4.69) is 28.4 Å². The SMILES string of the molecule is O=[S@@]1CCCc2nc(N3C4C=C(c5ccc(Cl)cc5)CC3C4)nc(NC3(CO)CCC3)c21. The Morgan fingerprint density at radius 3 is 2.69 bits per heavy atom. The van der Waals surface area contributed by atoms with Gasteiger partial charge in [-0.25, -0.2) is 4.98 Å². The van der Waals surface area contributed by atoms with Gasteiger partial charge >= 0.3 is 0 Å². The number of fused-ring (bicyclic) bond motifs is 2. The Balaban J connectivity index is 1.34.